The molecule has 59 heavy (non-hydrogen) atoms. The first kappa shape index (κ1) is 45.1. The van der Waals surface area contributed by atoms with E-state index in [2.05, 4.69) is 0 Å². The fraction of sp³-hybridized carbons (Fsp3) is 0.395. The molecule has 0 bridgehead atoms. The highest BCUT2D eigenvalue weighted by Gasteiger charge is 2.46. The highest BCUT2D eigenvalue weighted by atomic mass is 16.3. The number of ketones is 6. The van der Waals surface area contributed by atoms with Crippen LogP contribution in [0.2, 0.25) is 0 Å². The maximum absolute atomic E-state index is 13.5. The third-order valence-electron chi connectivity index (χ3n) is 10.9. The molecule has 0 aliphatic heterocycles. The third kappa shape index (κ3) is 7.27. The number of Topliss-reactive ketones (excluding diaryl/α,β-unsaturated/α-hetero) is 6. The summed E-state index contributed by atoms with van der Waals surface area (Å²) in [4.78, 5) is 78.0. The number of benzene rings is 2. The van der Waals surface area contributed by atoms with E-state index in [0.717, 1.165) is 13.8 Å². The van der Waals surface area contributed by atoms with E-state index in [4.69, 9.17) is 0 Å². The van der Waals surface area contributed by atoms with E-state index in [-0.39, 0.29) is 25.7 Å². The Morgan fingerprint density at radius 3 is 0.983 bits per heavy atom. The molecule has 4 rings (SSSR count). The van der Waals surface area contributed by atoms with Crippen LogP contribution in [0.3, 0.4) is 0 Å². The molecule has 0 heterocycles. The molecule has 0 spiro atoms. The third-order valence-corrected chi connectivity index (χ3v) is 10.9. The van der Waals surface area contributed by atoms with Crippen molar-refractivity contribution in [1.29, 1.82) is 0 Å². The van der Waals surface area contributed by atoms with Gasteiger partial charge in [0.15, 0.2) is 34.7 Å². The summed E-state index contributed by atoms with van der Waals surface area (Å²) in [5.74, 6) is -15.1. The maximum Gasteiger partial charge on any atom is 0.183 e. The van der Waals surface area contributed by atoms with Crippen molar-refractivity contribution >= 4 is 34.7 Å². The van der Waals surface area contributed by atoms with Crippen molar-refractivity contribution in [1.82, 2.24) is 0 Å². The molecule has 0 fully saturated rings. The summed E-state index contributed by atoms with van der Waals surface area (Å²) in [5, 5.41) is 114. The van der Waals surface area contributed by atoms with E-state index < -0.39 is 178 Å². The number of carbonyl (C=O) groups excluding carboxylic acids is 6. The Hall–Kier alpha value is -6.58. The molecule has 0 amide bonds. The predicted molar refractivity (Wildman–Crippen MR) is 209 cm³/mol. The van der Waals surface area contributed by atoms with Gasteiger partial charge in [-0.05, 0) is 54.4 Å². The first-order valence-electron chi connectivity index (χ1n) is 18.7. The molecule has 0 radical (unpaired) electrons. The number of phenols is 6. The van der Waals surface area contributed by atoms with Crippen molar-refractivity contribution in [2.24, 2.45) is 10.8 Å². The monoisotopic (exact) mass is 820 g/mol. The van der Waals surface area contributed by atoms with Gasteiger partial charge in [0.05, 0.1) is 10.8 Å². The fourth-order valence-electron chi connectivity index (χ4n) is 7.40. The smallest absolute Gasteiger partial charge is 0.183 e. The first-order chi connectivity index (χ1) is 27.2. The molecule has 0 saturated heterocycles. The number of aliphatic hydroxyl groups excluding tert-OH is 4. The lowest BCUT2D eigenvalue weighted by atomic mass is 9.73. The highest BCUT2D eigenvalue weighted by molar-refractivity contribution is 6.24. The van der Waals surface area contributed by atoms with Crippen molar-refractivity contribution in [3.63, 3.8) is 0 Å². The lowest BCUT2D eigenvalue weighted by molar-refractivity contribution is -0.128. The Bertz CT molecular complexity index is 2230. The van der Waals surface area contributed by atoms with Crippen LogP contribution in [0, 0.1) is 10.8 Å². The molecule has 16 heteroatoms. The largest absolute Gasteiger partial charge is 0.511 e. The Morgan fingerprint density at radius 1 is 0.458 bits per heavy atom. The molecule has 316 valence electrons. The average molecular weight is 821 g/mol. The van der Waals surface area contributed by atoms with Crippen LogP contribution in [0.5, 0.6) is 34.5 Å². The summed E-state index contributed by atoms with van der Waals surface area (Å²) in [5.41, 5.74) is -10.2. The minimum absolute atomic E-state index is 0.195. The van der Waals surface area contributed by atoms with Crippen LogP contribution in [-0.2, 0) is 38.4 Å². The number of hydrogen-bond donors (Lipinski definition) is 10. The molecule has 0 unspecified atom stereocenters. The van der Waals surface area contributed by atoms with Crippen LogP contribution in [0.4, 0.5) is 0 Å². The Balaban J connectivity index is 2.10. The summed E-state index contributed by atoms with van der Waals surface area (Å²) in [6.45, 7) is 10.2. The van der Waals surface area contributed by atoms with E-state index in [1.165, 1.54) is 27.7 Å². The molecule has 2 aromatic rings. The van der Waals surface area contributed by atoms with Crippen LogP contribution in [-0.4, -0.2) is 85.8 Å². The Kier molecular flexibility index (Phi) is 12.2. The first-order valence-corrected chi connectivity index (χ1v) is 18.7. The highest BCUT2D eigenvalue weighted by Crippen LogP contribution is 2.51. The van der Waals surface area contributed by atoms with Gasteiger partial charge >= 0.3 is 0 Å². The van der Waals surface area contributed by atoms with Crippen molar-refractivity contribution in [3.05, 3.63) is 78.7 Å². The minimum Gasteiger partial charge on any atom is -0.511 e. The van der Waals surface area contributed by atoms with Crippen LogP contribution in [0.25, 0.3) is 0 Å². The van der Waals surface area contributed by atoms with Gasteiger partial charge in [-0.15, -0.1) is 0 Å². The quantitative estimate of drug-likeness (QED) is 0.0748. The molecular formula is C43H48O16. The molecule has 16 nitrogen and oxygen atoms in total. The normalized spacial score (nSPS) is 16.6. The van der Waals surface area contributed by atoms with E-state index >= 15 is 0 Å². The van der Waals surface area contributed by atoms with Gasteiger partial charge < -0.3 is 51.1 Å². The molecule has 10 N–H and O–H groups in total. The van der Waals surface area contributed by atoms with Gasteiger partial charge in [-0.2, -0.15) is 0 Å². The number of carbonyl (C=O) groups is 6. The minimum atomic E-state index is -1.80. The average Bonchev–Trinajstić information content (AvgIpc) is 3.13. The number of phenolic OH excluding ortho intramolecular Hbond substituents is 6. The van der Waals surface area contributed by atoms with Crippen molar-refractivity contribution in [2.75, 3.05) is 0 Å². The molecule has 0 saturated carbocycles. The standard InChI is InChI=1S/C43H48O16/c1-9-11-24(46)28-32(50)18(30(48)20(34(28)52)14-22-36(54)26(16(3)44)40(58)42(5,6)38(22)56)13-19-31(49)21(35(53)29(33(19)51)25(47)12-10-2)15-23-37(55)27(17(4)45)41(59)43(7,8)39(23)57/h48-57H,9-15H2,1-8H3. The molecular weight excluding hydrogens is 772 g/mol. The van der Waals surface area contributed by atoms with Gasteiger partial charge in [0.2, 0.25) is 0 Å². The molecule has 0 aromatic heterocycles. The van der Waals surface area contributed by atoms with E-state index in [9.17, 15) is 79.8 Å². The van der Waals surface area contributed by atoms with Crippen molar-refractivity contribution in [2.45, 2.75) is 100 Å². The molecule has 0 atom stereocenters. The zero-order valence-electron chi connectivity index (χ0n) is 33.9. The van der Waals surface area contributed by atoms with Crippen LogP contribution in [0.15, 0.2) is 45.3 Å². The van der Waals surface area contributed by atoms with Gasteiger partial charge in [0, 0.05) is 65.5 Å². The van der Waals surface area contributed by atoms with Gasteiger partial charge in [0.25, 0.3) is 0 Å². The second-order valence-corrected chi connectivity index (χ2v) is 15.8. The lowest BCUT2D eigenvalue weighted by Crippen LogP contribution is -2.36. The SMILES string of the molecule is CCCC(=O)c1c(O)c(CC2=C(O)C(C)(C)C(=O)C(C(C)=O)=C2O)c(O)c(Cc2c(O)c(CC3=C(O)C(C)(C)C(=O)C(C(C)=O)=C3O)c(O)c(C(=O)CCC)c2O)c1O. The van der Waals surface area contributed by atoms with Gasteiger partial charge in [-0.25, -0.2) is 0 Å². The zero-order valence-corrected chi connectivity index (χ0v) is 33.9. The van der Waals surface area contributed by atoms with Crippen LogP contribution < -0.4 is 0 Å². The van der Waals surface area contributed by atoms with Gasteiger partial charge in [-0.3, -0.25) is 28.8 Å². The van der Waals surface area contributed by atoms with Gasteiger partial charge in [-0.1, -0.05) is 13.8 Å². The van der Waals surface area contributed by atoms with E-state index in [1.54, 1.807) is 13.8 Å². The maximum atomic E-state index is 13.5. The number of rotatable bonds is 14. The van der Waals surface area contributed by atoms with Crippen LogP contribution >= 0.6 is 0 Å². The fourth-order valence-corrected chi connectivity index (χ4v) is 7.40. The number of hydrogen-bond acceptors (Lipinski definition) is 16. The van der Waals surface area contributed by atoms with Crippen molar-refractivity contribution in [3.8, 4) is 34.5 Å². The second kappa shape index (κ2) is 16.0. The number of aromatic hydroxyl groups is 6. The summed E-state index contributed by atoms with van der Waals surface area (Å²) < 4.78 is 0. The van der Waals surface area contributed by atoms with Gasteiger partial charge in [0.1, 0.15) is 79.8 Å². The molecule has 2 aliphatic rings. The summed E-state index contributed by atoms with van der Waals surface area (Å²) in [7, 11) is 0. The summed E-state index contributed by atoms with van der Waals surface area (Å²) in [6, 6.07) is 0. The molecule has 2 aliphatic carbocycles. The zero-order chi connectivity index (χ0) is 45.0. The predicted octanol–water partition coefficient (Wildman–Crippen LogP) is 6.21. The van der Waals surface area contributed by atoms with E-state index in [0.29, 0.717) is 0 Å². The summed E-state index contributed by atoms with van der Waals surface area (Å²) in [6.07, 6.45) is -2.87. The van der Waals surface area contributed by atoms with Crippen molar-refractivity contribution < 1.29 is 79.8 Å². The Morgan fingerprint density at radius 2 is 0.729 bits per heavy atom. The summed E-state index contributed by atoms with van der Waals surface area (Å²) >= 11 is 0. The number of aliphatic hydroxyl groups is 4. The second-order valence-electron chi connectivity index (χ2n) is 15.8. The topological polar surface area (TPSA) is 305 Å². The molecule has 2 aromatic carbocycles. The number of allylic oxidation sites excluding steroid dienone is 6. The van der Waals surface area contributed by atoms with E-state index in [1.807, 2.05) is 0 Å². The van der Waals surface area contributed by atoms with Crippen LogP contribution in [0.1, 0.15) is 124 Å². The lowest BCUT2D eigenvalue weighted by Gasteiger charge is -2.31. The Labute approximate surface area is 338 Å².